The van der Waals surface area contributed by atoms with Crippen molar-refractivity contribution >= 4 is 77.6 Å². The number of aliphatic hydroxyl groups is 2. The highest BCUT2D eigenvalue weighted by atomic mass is 32.2. The van der Waals surface area contributed by atoms with Gasteiger partial charge >= 0.3 is 5.97 Å². The number of phenols is 1. The Morgan fingerprint density at radius 2 is 1.53 bits per heavy atom. The summed E-state index contributed by atoms with van der Waals surface area (Å²) in [4.78, 5) is 27.0. The molecular formula is C33H35N9O11S2. The summed E-state index contributed by atoms with van der Waals surface area (Å²) in [6.07, 6.45) is 0. The highest BCUT2D eigenvalue weighted by molar-refractivity contribution is 7.86. The van der Waals surface area contributed by atoms with Crippen LogP contribution < -0.4 is 20.4 Å². The van der Waals surface area contributed by atoms with Gasteiger partial charge in [0, 0.05) is 39.8 Å². The Balaban J connectivity index is 1.56. The normalized spacial score (nSPS) is 11.9. The number of fused-ring (bicyclic) bond motifs is 1. The SMILES string of the molecule is CNc1ccc2cc(S(=O)(=O)O)cc(O)c2c1N=Nc1cc(CN(C)c2nc(Nc3ccccc3C(=O)O)nc(N(CCO)CCO)n2)ccc1S(=O)(=O)O. The lowest BCUT2D eigenvalue weighted by atomic mass is 10.1. The van der Waals surface area contributed by atoms with E-state index < -0.39 is 41.7 Å². The lowest BCUT2D eigenvalue weighted by molar-refractivity contribution is 0.0698. The van der Waals surface area contributed by atoms with Gasteiger partial charge in [-0.2, -0.15) is 31.8 Å². The molecule has 0 spiro atoms. The standard InChI is InChI=1S/C33H35N9O11S2/c1-34-24-9-8-20-16-21(54(48,49)50)17-26(45)28(20)29(24)40-39-25-15-19(7-10-27(25)55(51,52)53)18-41(2)32-36-31(35-23-6-4-3-5-22(23)30(46)47)37-33(38-32)42(11-13-43)12-14-44/h3-10,15-17,34,43-45H,11-14,18H2,1-2H3,(H,46,47)(H,48,49,50)(H,51,52,53)(H,35,36,37,38). The molecule has 8 N–H and O–H groups in total. The molecule has 0 radical (unpaired) electrons. The van der Waals surface area contributed by atoms with Crippen LogP contribution in [0.5, 0.6) is 5.75 Å². The van der Waals surface area contributed by atoms with E-state index in [0.29, 0.717) is 11.3 Å². The maximum atomic E-state index is 12.4. The number of aromatic hydroxyl groups is 1. The molecule has 0 saturated heterocycles. The maximum absolute atomic E-state index is 12.4. The Bertz CT molecular complexity index is 2500. The van der Waals surface area contributed by atoms with Crippen molar-refractivity contribution in [3.8, 4) is 5.75 Å². The number of anilines is 5. The number of aliphatic hydroxyl groups excluding tert-OH is 2. The second-order valence-electron chi connectivity index (χ2n) is 11.7. The van der Waals surface area contributed by atoms with Crippen LogP contribution in [0.1, 0.15) is 15.9 Å². The highest BCUT2D eigenvalue weighted by Crippen LogP contribution is 2.42. The fourth-order valence-electron chi connectivity index (χ4n) is 5.43. The molecule has 0 saturated carbocycles. The summed E-state index contributed by atoms with van der Waals surface area (Å²) in [5.41, 5.74) is 0.473. The minimum Gasteiger partial charge on any atom is -0.507 e. The number of carboxylic acids is 1. The van der Waals surface area contributed by atoms with Crippen LogP contribution >= 0.6 is 0 Å². The summed E-state index contributed by atoms with van der Waals surface area (Å²) in [6.45, 7) is -0.554. The van der Waals surface area contributed by atoms with Crippen molar-refractivity contribution in [1.82, 2.24) is 15.0 Å². The van der Waals surface area contributed by atoms with Crippen molar-refractivity contribution < 1.29 is 51.2 Å². The number of rotatable bonds is 16. The van der Waals surface area contributed by atoms with Crippen molar-refractivity contribution in [3.05, 3.63) is 77.9 Å². The molecular weight excluding hydrogens is 763 g/mol. The van der Waals surface area contributed by atoms with Crippen LogP contribution in [0.25, 0.3) is 10.8 Å². The van der Waals surface area contributed by atoms with E-state index in [1.54, 1.807) is 19.2 Å². The molecule has 0 bridgehead atoms. The molecule has 0 atom stereocenters. The topological polar surface area (TPSA) is 301 Å². The number of aromatic carboxylic acids is 1. The van der Waals surface area contributed by atoms with Gasteiger partial charge in [-0.1, -0.05) is 24.3 Å². The zero-order valence-corrected chi connectivity index (χ0v) is 30.7. The number of hydrogen-bond acceptors (Lipinski definition) is 17. The minimum absolute atomic E-state index is 0.0158. The fraction of sp³-hybridized carbons (Fsp3) is 0.212. The molecule has 0 unspecified atom stereocenters. The molecule has 5 rings (SSSR count). The van der Waals surface area contributed by atoms with Crippen molar-refractivity contribution in [3.63, 3.8) is 0 Å². The van der Waals surface area contributed by atoms with Gasteiger partial charge in [0.2, 0.25) is 17.8 Å². The number of benzene rings is 4. The number of para-hydroxylation sites is 1. The quantitative estimate of drug-likeness (QED) is 0.0523. The molecule has 5 aromatic rings. The predicted octanol–water partition coefficient (Wildman–Crippen LogP) is 3.55. The van der Waals surface area contributed by atoms with Crippen LogP contribution in [0, 0.1) is 0 Å². The van der Waals surface area contributed by atoms with Gasteiger partial charge < -0.3 is 40.9 Å². The van der Waals surface area contributed by atoms with Crippen LogP contribution in [-0.4, -0.2) is 108 Å². The zero-order valence-electron chi connectivity index (χ0n) is 29.1. The Kier molecular flexibility index (Phi) is 12.1. The molecule has 4 aromatic carbocycles. The van der Waals surface area contributed by atoms with E-state index in [-0.39, 0.29) is 84.1 Å². The molecule has 0 aliphatic rings. The van der Waals surface area contributed by atoms with Crippen molar-refractivity contribution in [2.75, 3.05) is 60.8 Å². The molecule has 1 heterocycles. The lowest BCUT2D eigenvalue weighted by Gasteiger charge is -2.24. The monoisotopic (exact) mass is 797 g/mol. The maximum Gasteiger partial charge on any atom is 0.337 e. The Morgan fingerprint density at radius 1 is 0.836 bits per heavy atom. The van der Waals surface area contributed by atoms with Crippen molar-refractivity contribution in [1.29, 1.82) is 0 Å². The third-order valence-electron chi connectivity index (χ3n) is 7.97. The summed E-state index contributed by atoms with van der Waals surface area (Å²) >= 11 is 0. The third-order valence-corrected chi connectivity index (χ3v) is 9.70. The minimum atomic E-state index is -4.85. The average molecular weight is 798 g/mol. The van der Waals surface area contributed by atoms with E-state index in [0.717, 1.165) is 18.2 Å². The Hall–Kier alpha value is -6.04. The number of nitrogens with zero attached hydrogens (tertiary/aromatic N) is 7. The Labute approximate surface area is 314 Å². The van der Waals surface area contributed by atoms with Gasteiger partial charge in [0.05, 0.1) is 40.4 Å². The molecule has 1 aromatic heterocycles. The number of carboxylic acid groups (broad SMARTS) is 1. The van der Waals surface area contributed by atoms with Gasteiger partial charge in [-0.25, -0.2) is 4.79 Å². The highest BCUT2D eigenvalue weighted by Gasteiger charge is 2.22. The summed E-state index contributed by atoms with van der Waals surface area (Å²) in [5.74, 6) is -1.77. The first kappa shape index (κ1) is 40.2. The average Bonchev–Trinajstić information content (AvgIpc) is 3.12. The number of carbonyl (C=O) groups is 1. The predicted molar refractivity (Wildman–Crippen MR) is 200 cm³/mol. The number of hydrogen-bond donors (Lipinski definition) is 8. The number of azo groups is 1. The van der Waals surface area contributed by atoms with E-state index in [2.05, 4.69) is 35.8 Å². The van der Waals surface area contributed by atoms with Gasteiger partial charge in [-0.05, 0) is 47.3 Å². The van der Waals surface area contributed by atoms with E-state index >= 15 is 0 Å². The first-order chi connectivity index (χ1) is 26.0. The van der Waals surface area contributed by atoms with Gasteiger partial charge in [-0.15, -0.1) is 10.2 Å². The van der Waals surface area contributed by atoms with Gasteiger partial charge in [0.15, 0.2) is 0 Å². The van der Waals surface area contributed by atoms with Crippen LogP contribution in [0.4, 0.5) is 40.6 Å². The molecule has 290 valence electrons. The summed E-state index contributed by atoms with van der Waals surface area (Å²) in [5, 5.41) is 54.0. The number of aromatic nitrogens is 3. The third kappa shape index (κ3) is 9.37. The molecule has 0 amide bonds. The van der Waals surface area contributed by atoms with Gasteiger partial charge in [0.25, 0.3) is 20.2 Å². The molecule has 22 heteroatoms. The van der Waals surface area contributed by atoms with Crippen molar-refractivity contribution in [2.45, 2.75) is 16.3 Å². The molecule has 55 heavy (non-hydrogen) atoms. The second kappa shape index (κ2) is 16.5. The molecule has 0 aliphatic carbocycles. The second-order valence-corrected chi connectivity index (χ2v) is 14.5. The van der Waals surface area contributed by atoms with Crippen LogP contribution in [0.2, 0.25) is 0 Å². The largest absolute Gasteiger partial charge is 0.507 e. The van der Waals surface area contributed by atoms with E-state index in [1.165, 1.54) is 53.2 Å². The summed E-state index contributed by atoms with van der Waals surface area (Å²) < 4.78 is 67.9. The molecule has 0 aliphatic heterocycles. The van der Waals surface area contributed by atoms with Crippen LogP contribution in [0.3, 0.4) is 0 Å². The van der Waals surface area contributed by atoms with E-state index in [4.69, 9.17) is 0 Å². The lowest BCUT2D eigenvalue weighted by Crippen LogP contribution is -2.32. The fourth-order valence-corrected chi connectivity index (χ4v) is 6.57. The van der Waals surface area contributed by atoms with Gasteiger partial charge in [0.1, 0.15) is 22.0 Å². The number of phenolic OH excluding ortho intramolecular Hbond substituents is 1. The first-order valence-corrected chi connectivity index (χ1v) is 18.9. The van der Waals surface area contributed by atoms with Crippen molar-refractivity contribution in [2.24, 2.45) is 10.2 Å². The number of nitrogens with one attached hydrogen (secondary N) is 2. The van der Waals surface area contributed by atoms with Gasteiger partial charge in [-0.3, -0.25) is 9.11 Å². The van der Waals surface area contributed by atoms with E-state index in [1.807, 2.05) is 0 Å². The smallest absolute Gasteiger partial charge is 0.337 e. The molecule has 0 fully saturated rings. The van der Waals surface area contributed by atoms with E-state index in [9.17, 15) is 51.2 Å². The first-order valence-electron chi connectivity index (χ1n) is 16.0. The van der Waals surface area contributed by atoms with Crippen LogP contribution in [0.15, 0.2) is 86.7 Å². The summed E-state index contributed by atoms with van der Waals surface area (Å²) in [7, 11) is -6.40. The zero-order chi connectivity index (χ0) is 40.1. The summed E-state index contributed by atoms with van der Waals surface area (Å²) in [6, 6.07) is 14.7. The molecule has 20 nitrogen and oxygen atoms in total. The Morgan fingerprint density at radius 3 is 2.16 bits per heavy atom. The van der Waals surface area contributed by atoms with Crippen LogP contribution in [-0.2, 0) is 26.8 Å².